The van der Waals surface area contributed by atoms with Crippen LogP contribution in [0.4, 0.5) is 0 Å². The summed E-state index contributed by atoms with van der Waals surface area (Å²) in [5.41, 5.74) is 1.50. The number of pyridine rings is 1. The van der Waals surface area contributed by atoms with Gasteiger partial charge in [-0.15, -0.1) is 0 Å². The van der Waals surface area contributed by atoms with Gasteiger partial charge in [-0.2, -0.15) is 10.4 Å². The molecule has 0 aromatic carbocycles. The van der Waals surface area contributed by atoms with Gasteiger partial charge >= 0.3 is 0 Å². The van der Waals surface area contributed by atoms with Crippen molar-refractivity contribution in [1.29, 1.82) is 5.26 Å². The molecule has 3 heterocycles. The molecule has 2 aromatic heterocycles. The van der Waals surface area contributed by atoms with Crippen LogP contribution in [0.5, 0.6) is 5.88 Å². The molecule has 2 aromatic rings. The minimum atomic E-state index is -3.03. The molecule has 0 N–H and O–H groups in total. The summed E-state index contributed by atoms with van der Waals surface area (Å²) in [7, 11) is -3.03. The van der Waals surface area contributed by atoms with Crippen LogP contribution >= 0.6 is 0 Å². The lowest BCUT2D eigenvalue weighted by Gasteiger charge is -2.24. The van der Waals surface area contributed by atoms with Crippen LogP contribution in [0.3, 0.4) is 0 Å². The van der Waals surface area contributed by atoms with Gasteiger partial charge in [-0.05, 0) is 12.1 Å². The molecule has 0 saturated carbocycles. The Bertz CT molecular complexity index is 886. The highest BCUT2D eigenvalue weighted by Crippen LogP contribution is 2.16. The zero-order chi connectivity index (χ0) is 18.6. The van der Waals surface area contributed by atoms with Crippen molar-refractivity contribution in [2.75, 3.05) is 24.6 Å². The fourth-order valence-corrected chi connectivity index (χ4v) is 3.66. The van der Waals surface area contributed by atoms with E-state index >= 15 is 0 Å². The summed E-state index contributed by atoms with van der Waals surface area (Å²) in [6, 6.07) is 7.28. The summed E-state index contributed by atoms with van der Waals surface area (Å²) < 4.78 is 31.5. The monoisotopic (exact) mass is 375 g/mol. The summed E-state index contributed by atoms with van der Waals surface area (Å²) in [4.78, 5) is 6.22. The molecule has 9 heteroatoms. The Hall–Kier alpha value is -2.44. The molecule has 26 heavy (non-hydrogen) atoms. The number of nitrogens with zero attached hydrogens (tertiary/aromatic N) is 5. The van der Waals surface area contributed by atoms with E-state index in [0.717, 1.165) is 5.69 Å². The SMILES string of the molecule is CCS(=O)(=O)CCN1Cc2ccnn2C[C@@H](Oc2ccc(C#N)cn2)C1. The molecule has 0 aliphatic carbocycles. The van der Waals surface area contributed by atoms with E-state index in [4.69, 9.17) is 10.00 Å². The molecule has 138 valence electrons. The second kappa shape index (κ2) is 7.85. The van der Waals surface area contributed by atoms with Crippen LogP contribution in [0.25, 0.3) is 0 Å². The fourth-order valence-electron chi connectivity index (χ4n) is 2.84. The normalized spacial score (nSPS) is 17.9. The third-order valence-corrected chi connectivity index (χ3v) is 6.02. The van der Waals surface area contributed by atoms with E-state index in [2.05, 4.69) is 15.0 Å². The first-order chi connectivity index (χ1) is 12.5. The van der Waals surface area contributed by atoms with E-state index in [1.165, 1.54) is 6.20 Å². The van der Waals surface area contributed by atoms with E-state index in [-0.39, 0.29) is 17.6 Å². The van der Waals surface area contributed by atoms with Gasteiger partial charge in [0.25, 0.3) is 0 Å². The number of fused-ring (bicyclic) bond motifs is 1. The lowest BCUT2D eigenvalue weighted by molar-refractivity contribution is 0.124. The molecule has 3 rings (SSSR count). The van der Waals surface area contributed by atoms with Crippen LogP contribution in [0, 0.1) is 11.3 Å². The number of rotatable bonds is 6. The van der Waals surface area contributed by atoms with Crippen LogP contribution in [0.1, 0.15) is 18.2 Å². The molecule has 0 radical (unpaired) electrons. The van der Waals surface area contributed by atoms with Gasteiger partial charge in [0, 0.05) is 43.8 Å². The average molecular weight is 375 g/mol. The van der Waals surface area contributed by atoms with Crippen molar-refractivity contribution in [3.63, 3.8) is 0 Å². The average Bonchev–Trinajstić information content (AvgIpc) is 3.00. The zero-order valence-corrected chi connectivity index (χ0v) is 15.4. The maximum Gasteiger partial charge on any atom is 0.213 e. The van der Waals surface area contributed by atoms with Crippen molar-refractivity contribution in [2.24, 2.45) is 0 Å². The van der Waals surface area contributed by atoms with Gasteiger partial charge in [-0.1, -0.05) is 6.92 Å². The topological polar surface area (TPSA) is 101 Å². The largest absolute Gasteiger partial charge is 0.471 e. The summed E-state index contributed by atoms with van der Waals surface area (Å²) >= 11 is 0. The lowest BCUT2D eigenvalue weighted by Crippen LogP contribution is -2.37. The van der Waals surface area contributed by atoms with Gasteiger partial charge in [-0.3, -0.25) is 9.58 Å². The highest BCUT2D eigenvalue weighted by molar-refractivity contribution is 7.91. The summed E-state index contributed by atoms with van der Waals surface area (Å²) in [5, 5.41) is 13.2. The standard InChI is InChI=1S/C17H21N5O3S/c1-2-26(23,24)8-7-21-11-15-5-6-20-22(15)13-16(12-21)25-17-4-3-14(9-18)10-19-17/h3-6,10,16H,2,7-8,11-13H2,1H3/t16-/m0/s1. The molecule has 0 unspecified atom stereocenters. The first kappa shape index (κ1) is 18.4. The second-order valence-electron chi connectivity index (χ2n) is 6.21. The zero-order valence-electron chi connectivity index (χ0n) is 14.6. The molecule has 0 saturated heterocycles. The number of ether oxygens (including phenoxy) is 1. The Morgan fingerprint density at radius 3 is 2.88 bits per heavy atom. The van der Waals surface area contributed by atoms with Crippen LogP contribution in [-0.4, -0.2) is 58.8 Å². The first-order valence-electron chi connectivity index (χ1n) is 8.45. The molecule has 1 atom stereocenters. The van der Waals surface area contributed by atoms with Crippen molar-refractivity contribution in [1.82, 2.24) is 19.7 Å². The first-order valence-corrected chi connectivity index (χ1v) is 10.3. The lowest BCUT2D eigenvalue weighted by atomic mass is 10.3. The fraction of sp³-hybridized carbons (Fsp3) is 0.471. The van der Waals surface area contributed by atoms with Gasteiger partial charge in [0.1, 0.15) is 12.2 Å². The summed E-state index contributed by atoms with van der Waals surface area (Å²) in [6.07, 6.45) is 2.98. The molecule has 8 nitrogen and oxygen atoms in total. The van der Waals surface area contributed by atoms with Gasteiger partial charge < -0.3 is 4.74 Å². The minimum absolute atomic E-state index is 0.124. The predicted molar refractivity (Wildman–Crippen MR) is 95.2 cm³/mol. The van der Waals surface area contributed by atoms with E-state index in [1.807, 2.05) is 16.8 Å². The Morgan fingerprint density at radius 1 is 1.35 bits per heavy atom. The Kier molecular flexibility index (Phi) is 5.54. The molecular weight excluding hydrogens is 354 g/mol. The molecule has 0 fully saturated rings. The summed E-state index contributed by atoms with van der Waals surface area (Å²) in [6.45, 7) is 3.86. The van der Waals surface area contributed by atoms with Gasteiger partial charge in [0.15, 0.2) is 9.84 Å². The molecule has 0 spiro atoms. The van der Waals surface area contributed by atoms with E-state index in [0.29, 0.717) is 37.6 Å². The second-order valence-corrected chi connectivity index (χ2v) is 8.69. The Morgan fingerprint density at radius 2 is 2.19 bits per heavy atom. The van der Waals surface area contributed by atoms with Gasteiger partial charge in [0.05, 0.1) is 23.6 Å². The minimum Gasteiger partial charge on any atom is -0.471 e. The van der Waals surface area contributed by atoms with Crippen LogP contribution < -0.4 is 4.74 Å². The number of sulfone groups is 1. The van der Waals surface area contributed by atoms with Crippen LogP contribution in [0.15, 0.2) is 30.6 Å². The van der Waals surface area contributed by atoms with E-state index in [9.17, 15) is 8.42 Å². The third-order valence-electron chi connectivity index (χ3n) is 4.34. The van der Waals surface area contributed by atoms with Crippen molar-refractivity contribution in [3.8, 4) is 11.9 Å². The Balaban J connectivity index is 1.73. The third kappa shape index (κ3) is 4.59. The van der Waals surface area contributed by atoms with Crippen LogP contribution in [0.2, 0.25) is 0 Å². The highest BCUT2D eigenvalue weighted by Gasteiger charge is 2.25. The number of aromatic nitrogens is 3. The highest BCUT2D eigenvalue weighted by atomic mass is 32.2. The smallest absolute Gasteiger partial charge is 0.213 e. The summed E-state index contributed by atoms with van der Waals surface area (Å²) in [5.74, 6) is 0.707. The van der Waals surface area contributed by atoms with Gasteiger partial charge in [0.2, 0.25) is 5.88 Å². The number of nitriles is 1. The van der Waals surface area contributed by atoms with Gasteiger partial charge in [-0.25, -0.2) is 13.4 Å². The van der Waals surface area contributed by atoms with Crippen molar-refractivity contribution < 1.29 is 13.2 Å². The number of hydrogen-bond donors (Lipinski definition) is 0. The predicted octanol–water partition coefficient (Wildman–Crippen LogP) is 0.848. The van der Waals surface area contributed by atoms with Crippen molar-refractivity contribution in [2.45, 2.75) is 26.1 Å². The Labute approximate surface area is 152 Å². The maximum atomic E-state index is 11.8. The molecular formula is C17H21N5O3S. The van der Waals surface area contributed by atoms with E-state index in [1.54, 1.807) is 25.3 Å². The molecule has 1 aliphatic heterocycles. The number of hydrogen-bond acceptors (Lipinski definition) is 7. The van der Waals surface area contributed by atoms with E-state index < -0.39 is 9.84 Å². The quantitative estimate of drug-likeness (QED) is 0.737. The van der Waals surface area contributed by atoms with Crippen molar-refractivity contribution >= 4 is 9.84 Å². The molecule has 1 aliphatic rings. The molecule has 0 bridgehead atoms. The van der Waals surface area contributed by atoms with Crippen LogP contribution in [-0.2, 0) is 22.9 Å². The maximum absolute atomic E-state index is 11.8. The molecule has 0 amide bonds. The van der Waals surface area contributed by atoms with Crippen molar-refractivity contribution in [3.05, 3.63) is 41.9 Å².